The third kappa shape index (κ3) is 4.13. The van der Waals surface area contributed by atoms with E-state index >= 15 is 0 Å². The van der Waals surface area contributed by atoms with Gasteiger partial charge in [-0.25, -0.2) is 9.89 Å². The summed E-state index contributed by atoms with van der Waals surface area (Å²) in [5.41, 5.74) is 0.913. The molecule has 1 heterocycles. The van der Waals surface area contributed by atoms with Crippen molar-refractivity contribution in [3.8, 4) is 0 Å². The molecule has 7 heteroatoms. The standard InChI is InChI=1S/C13H16ClN3O2S/c1-19-7-3-6-17-12(18)15-16-13(17)20-9-10-4-2-5-11(14)8-10/h2,4-5,8H,3,6-7,9H2,1H3,(H,15,18). The van der Waals surface area contributed by atoms with E-state index in [0.29, 0.717) is 23.3 Å². The lowest BCUT2D eigenvalue weighted by molar-refractivity contribution is 0.189. The summed E-state index contributed by atoms with van der Waals surface area (Å²) in [5, 5.41) is 7.93. The predicted octanol–water partition coefficient (Wildman–Crippen LogP) is 2.55. The summed E-state index contributed by atoms with van der Waals surface area (Å²) < 4.78 is 6.63. The van der Waals surface area contributed by atoms with Crippen LogP contribution in [0, 0.1) is 0 Å². The van der Waals surface area contributed by atoms with Gasteiger partial charge in [0.25, 0.3) is 0 Å². The van der Waals surface area contributed by atoms with Crippen molar-refractivity contribution in [3.05, 3.63) is 45.3 Å². The van der Waals surface area contributed by atoms with Gasteiger partial charge in [0.15, 0.2) is 5.16 Å². The second-order valence-corrected chi connectivity index (χ2v) is 5.61. The number of nitrogens with one attached hydrogen (secondary N) is 1. The number of hydrogen-bond donors (Lipinski definition) is 1. The Labute approximate surface area is 126 Å². The van der Waals surface area contributed by atoms with Gasteiger partial charge in [0.2, 0.25) is 0 Å². The van der Waals surface area contributed by atoms with E-state index in [2.05, 4.69) is 10.2 Å². The van der Waals surface area contributed by atoms with Gasteiger partial charge in [-0.1, -0.05) is 35.5 Å². The maximum Gasteiger partial charge on any atom is 0.343 e. The highest BCUT2D eigenvalue weighted by Crippen LogP contribution is 2.21. The molecule has 0 saturated carbocycles. The van der Waals surface area contributed by atoms with Crippen molar-refractivity contribution in [1.82, 2.24) is 14.8 Å². The summed E-state index contributed by atoms with van der Waals surface area (Å²) in [7, 11) is 1.65. The van der Waals surface area contributed by atoms with Gasteiger partial charge in [0.1, 0.15) is 0 Å². The van der Waals surface area contributed by atoms with E-state index in [1.165, 1.54) is 11.8 Å². The molecule has 1 aromatic carbocycles. The van der Waals surface area contributed by atoms with Crippen LogP contribution in [-0.2, 0) is 17.0 Å². The summed E-state index contributed by atoms with van der Waals surface area (Å²) in [6.07, 6.45) is 0.778. The second kappa shape index (κ2) is 7.52. The maximum absolute atomic E-state index is 11.7. The Bertz CT molecular complexity index is 612. The van der Waals surface area contributed by atoms with Crippen molar-refractivity contribution in [2.24, 2.45) is 0 Å². The maximum atomic E-state index is 11.7. The van der Waals surface area contributed by atoms with Gasteiger partial charge < -0.3 is 4.74 Å². The molecular formula is C13H16ClN3O2S. The van der Waals surface area contributed by atoms with Gasteiger partial charge in [-0.15, -0.1) is 5.10 Å². The van der Waals surface area contributed by atoms with E-state index in [4.69, 9.17) is 16.3 Å². The van der Waals surface area contributed by atoms with Crippen molar-refractivity contribution in [3.63, 3.8) is 0 Å². The van der Waals surface area contributed by atoms with Crippen LogP contribution in [0.3, 0.4) is 0 Å². The van der Waals surface area contributed by atoms with Crippen molar-refractivity contribution in [2.75, 3.05) is 13.7 Å². The number of rotatable bonds is 7. The minimum atomic E-state index is -0.185. The molecule has 0 fully saturated rings. The number of ether oxygens (including phenoxy) is 1. The SMILES string of the molecule is COCCCn1c(SCc2cccc(Cl)c2)n[nH]c1=O. The molecule has 108 valence electrons. The first-order valence-electron chi connectivity index (χ1n) is 6.22. The fourth-order valence-electron chi connectivity index (χ4n) is 1.75. The van der Waals surface area contributed by atoms with Gasteiger partial charge in [0, 0.05) is 31.0 Å². The Hall–Kier alpha value is -1.24. The number of H-pyrrole nitrogens is 1. The van der Waals surface area contributed by atoms with Gasteiger partial charge in [-0.3, -0.25) is 4.57 Å². The van der Waals surface area contributed by atoms with E-state index in [1.807, 2.05) is 24.3 Å². The fourth-order valence-corrected chi connectivity index (χ4v) is 2.88. The third-order valence-corrected chi connectivity index (χ3v) is 3.99. The summed E-state index contributed by atoms with van der Waals surface area (Å²) in [6, 6.07) is 7.66. The highest BCUT2D eigenvalue weighted by atomic mass is 35.5. The average molecular weight is 314 g/mol. The summed E-state index contributed by atoms with van der Waals surface area (Å²) in [5.74, 6) is 0.717. The number of benzene rings is 1. The van der Waals surface area contributed by atoms with Gasteiger partial charge >= 0.3 is 5.69 Å². The summed E-state index contributed by atoms with van der Waals surface area (Å²) >= 11 is 7.46. The third-order valence-electron chi connectivity index (χ3n) is 2.71. The Balaban J connectivity index is 2.00. The van der Waals surface area contributed by atoms with E-state index in [0.717, 1.165) is 17.7 Å². The fraction of sp³-hybridized carbons (Fsp3) is 0.385. The lowest BCUT2D eigenvalue weighted by Gasteiger charge is -2.05. The molecule has 0 bridgehead atoms. The highest BCUT2D eigenvalue weighted by molar-refractivity contribution is 7.98. The van der Waals surface area contributed by atoms with Crippen LogP contribution in [0.2, 0.25) is 5.02 Å². The van der Waals surface area contributed by atoms with E-state index < -0.39 is 0 Å². The molecule has 0 unspecified atom stereocenters. The number of aromatic nitrogens is 3. The van der Waals surface area contributed by atoms with Gasteiger partial charge in [-0.05, 0) is 24.1 Å². The highest BCUT2D eigenvalue weighted by Gasteiger charge is 2.08. The lowest BCUT2D eigenvalue weighted by Crippen LogP contribution is -2.18. The molecule has 20 heavy (non-hydrogen) atoms. The quantitative estimate of drug-likeness (QED) is 0.630. The van der Waals surface area contributed by atoms with E-state index in [9.17, 15) is 4.79 Å². The molecule has 2 aromatic rings. The first kappa shape index (κ1) is 15.2. The van der Waals surface area contributed by atoms with Crippen LogP contribution in [0.5, 0.6) is 0 Å². The minimum Gasteiger partial charge on any atom is -0.385 e. The second-order valence-electron chi connectivity index (χ2n) is 4.23. The Kier molecular flexibility index (Phi) is 5.70. The van der Waals surface area contributed by atoms with Crippen LogP contribution in [0.1, 0.15) is 12.0 Å². The van der Waals surface area contributed by atoms with Crippen molar-refractivity contribution in [2.45, 2.75) is 23.9 Å². The zero-order valence-electron chi connectivity index (χ0n) is 11.1. The molecule has 1 aromatic heterocycles. The molecule has 0 aliphatic carbocycles. The van der Waals surface area contributed by atoms with Gasteiger partial charge in [0.05, 0.1) is 0 Å². The normalized spacial score (nSPS) is 10.9. The van der Waals surface area contributed by atoms with Crippen LogP contribution in [0.25, 0.3) is 0 Å². The lowest BCUT2D eigenvalue weighted by atomic mass is 10.2. The first-order valence-corrected chi connectivity index (χ1v) is 7.58. The minimum absolute atomic E-state index is 0.185. The largest absolute Gasteiger partial charge is 0.385 e. The monoisotopic (exact) mass is 313 g/mol. The molecule has 2 rings (SSSR count). The molecule has 1 N–H and O–H groups in total. The molecule has 0 atom stereocenters. The van der Waals surface area contributed by atoms with Crippen molar-refractivity contribution < 1.29 is 4.74 Å². The topological polar surface area (TPSA) is 59.9 Å². The number of halogens is 1. The zero-order valence-corrected chi connectivity index (χ0v) is 12.7. The van der Waals surface area contributed by atoms with Crippen LogP contribution in [0.15, 0.2) is 34.2 Å². The van der Waals surface area contributed by atoms with E-state index in [-0.39, 0.29) is 5.69 Å². The Morgan fingerprint density at radius 1 is 1.50 bits per heavy atom. The van der Waals surface area contributed by atoms with Crippen LogP contribution < -0.4 is 5.69 Å². The molecule has 0 amide bonds. The molecular weight excluding hydrogens is 298 g/mol. The number of nitrogens with zero attached hydrogens (tertiary/aromatic N) is 2. The molecule has 0 radical (unpaired) electrons. The first-order chi connectivity index (χ1) is 9.70. The summed E-state index contributed by atoms with van der Waals surface area (Å²) in [6.45, 7) is 1.22. The predicted molar refractivity (Wildman–Crippen MR) is 80.4 cm³/mol. The molecule has 0 saturated heterocycles. The van der Waals surface area contributed by atoms with Crippen LogP contribution in [0.4, 0.5) is 0 Å². The smallest absolute Gasteiger partial charge is 0.343 e. The number of hydrogen-bond acceptors (Lipinski definition) is 4. The number of methoxy groups -OCH3 is 1. The molecule has 0 spiro atoms. The molecule has 5 nitrogen and oxygen atoms in total. The Morgan fingerprint density at radius 2 is 2.35 bits per heavy atom. The van der Waals surface area contributed by atoms with Crippen molar-refractivity contribution in [1.29, 1.82) is 0 Å². The Morgan fingerprint density at radius 3 is 3.10 bits per heavy atom. The number of thioether (sulfide) groups is 1. The van der Waals surface area contributed by atoms with Crippen LogP contribution >= 0.6 is 23.4 Å². The number of aromatic amines is 1. The molecule has 0 aliphatic heterocycles. The zero-order chi connectivity index (χ0) is 14.4. The van der Waals surface area contributed by atoms with Crippen molar-refractivity contribution >= 4 is 23.4 Å². The average Bonchev–Trinajstić information content (AvgIpc) is 2.78. The van der Waals surface area contributed by atoms with E-state index in [1.54, 1.807) is 11.7 Å². The van der Waals surface area contributed by atoms with Crippen LogP contribution in [-0.4, -0.2) is 28.5 Å². The van der Waals surface area contributed by atoms with Gasteiger partial charge in [-0.2, -0.15) is 0 Å². The molecule has 0 aliphatic rings. The summed E-state index contributed by atoms with van der Waals surface area (Å²) in [4.78, 5) is 11.7.